The summed E-state index contributed by atoms with van der Waals surface area (Å²) in [5.74, 6) is -0.0755. The van der Waals surface area contributed by atoms with E-state index in [9.17, 15) is 9.59 Å². The van der Waals surface area contributed by atoms with Crippen LogP contribution in [0.1, 0.15) is 12.5 Å². The van der Waals surface area contributed by atoms with Gasteiger partial charge >= 0.3 is 0 Å². The van der Waals surface area contributed by atoms with Crippen LogP contribution in [0.5, 0.6) is 0 Å². The van der Waals surface area contributed by atoms with Crippen molar-refractivity contribution in [2.75, 3.05) is 24.5 Å². The highest BCUT2D eigenvalue weighted by molar-refractivity contribution is 6.07. The number of para-hydroxylation sites is 1. The van der Waals surface area contributed by atoms with Crippen molar-refractivity contribution in [1.29, 1.82) is 0 Å². The maximum atomic E-state index is 13.2. The fraction of sp³-hybridized carbons (Fsp3) is 0.320. The predicted octanol–water partition coefficient (Wildman–Crippen LogP) is 2.93. The summed E-state index contributed by atoms with van der Waals surface area (Å²) in [6.07, 6.45) is 1.70. The quantitative estimate of drug-likeness (QED) is 0.502. The molecule has 0 saturated carbocycles. The first-order valence-corrected chi connectivity index (χ1v) is 11.0. The number of aromatic nitrogens is 3. The summed E-state index contributed by atoms with van der Waals surface area (Å²) >= 11 is 0. The van der Waals surface area contributed by atoms with Gasteiger partial charge in [-0.1, -0.05) is 30.3 Å². The molecule has 0 radical (unpaired) electrons. The Morgan fingerprint density at radius 3 is 2.69 bits per heavy atom. The number of anilines is 1. The molecule has 1 amide bonds. The number of rotatable bonds is 3. The van der Waals surface area contributed by atoms with Crippen LogP contribution < -0.4 is 10.5 Å². The number of nitrogens with zero attached hydrogens (tertiary/aromatic N) is 5. The van der Waals surface area contributed by atoms with E-state index in [2.05, 4.69) is 48.1 Å². The molecule has 0 bridgehead atoms. The number of carbonyl (C=O) groups is 1. The Kier molecular flexibility index (Phi) is 4.96. The fourth-order valence-corrected chi connectivity index (χ4v) is 4.83. The van der Waals surface area contributed by atoms with Crippen LogP contribution in [0.2, 0.25) is 0 Å². The van der Waals surface area contributed by atoms with Gasteiger partial charge in [-0.3, -0.25) is 9.59 Å². The first kappa shape index (κ1) is 20.3. The fourth-order valence-electron chi connectivity index (χ4n) is 4.83. The lowest BCUT2D eigenvalue weighted by Crippen LogP contribution is -2.54. The normalized spacial score (nSPS) is 16.8. The first-order chi connectivity index (χ1) is 15.4. The van der Waals surface area contributed by atoms with Crippen molar-refractivity contribution in [3.8, 4) is 0 Å². The summed E-state index contributed by atoms with van der Waals surface area (Å²) in [5, 5.41) is 6.14. The third-order valence-electron chi connectivity index (χ3n) is 6.51. The minimum absolute atomic E-state index is 0.0482. The smallest absolute Gasteiger partial charge is 0.291 e. The van der Waals surface area contributed by atoms with E-state index in [1.807, 2.05) is 40.8 Å². The molecule has 3 heterocycles. The van der Waals surface area contributed by atoms with Crippen molar-refractivity contribution in [1.82, 2.24) is 19.2 Å². The average molecular weight is 430 g/mol. The minimum Gasteiger partial charge on any atom is -0.365 e. The third-order valence-corrected chi connectivity index (χ3v) is 6.51. The molecule has 2 aromatic heterocycles. The molecule has 7 nitrogen and oxygen atoms in total. The highest BCUT2D eigenvalue weighted by Crippen LogP contribution is 2.25. The van der Waals surface area contributed by atoms with Gasteiger partial charge in [0.1, 0.15) is 12.1 Å². The second kappa shape index (κ2) is 7.82. The molecule has 0 N–H and O–H groups in total. The maximum absolute atomic E-state index is 13.2. The second-order valence-electron chi connectivity index (χ2n) is 8.67. The van der Waals surface area contributed by atoms with Crippen LogP contribution in [0.4, 0.5) is 5.69 Å². The van der Waals surface area contributed by atoms with Crippen LogP contribution in [0.25, 0.3) is 21.8 Å². The van der Waals surface area contributed by atoms with E-state index in [0.29, 0.717) is 18.6 Å². The van der Waals surface area contributed by atoms with Gasteiger partial charge in [-0.05, 0) is 37.6 Å². The van der Waals surface area contributed by atoms with Crippen molar-refractivity contribution in [3.05, 3.63) is 70.6 Å². The third kappa shape index (κ3) is 3.34. The number of amides is 1. The number of aryl methyl sites for hydroxylation is 2. The Balaban J connectivity index is 1.36. The van der Waals surface area contributed by atoms with E-state index in [1.54, 1.807) is 6.20 Å². The lowest BCUT2D eigenvalue weighted by atomic mass is 10.1. The zero-order valence-corrected chi connectivity index (χ0v) is 18.7. The molecule has 32 heavy (non-hydrogen) atoms. The van der Waals surface area contributed by atoms with Gasteiger partial charge in [0.15, 0.2) is 0 Å². The van der Waals surface area contributed by atoms with Gasteiger partial charge in [0.05, 0.1) is 6.20 Å². The van der Waals surface area contributed by atoms with Crippen LogP contribution in [-0.2, 0) is 18.4 Å². The van der Waals surface area contributed by atoms with Gasteiger partial charge in [-0.2, -0.15) is 5.10 Å². The Bertz CT molecular complexity index is 1390. The highest BCUT2D eigenvalue weighted by Gasteiger charge is 2.27. The van der Waals surface area contributed by atoms with Gasteiger partial charge in [-0.25, -0.2) is 4.68 Å². The molecule has 7 heteroatoms. The van der Waals surface area contributed by atoms with E-state index in [-0.39, 0.29) is 24.1 Å². The number of hydrogen-bond donors (Lipinski definition) is 0. The molecule has 1 fully saturated rings. The van der Waals surface area contributed by atoms with Crippen LogP contribution in [0.15, 0.2) is 59.5 Å². The number of fused-ring (bicyclic) bond motifs is 3. The first-order valence-electron chi connectivity index (χ1n) is 11.0. The van der Waals surface area contributed by atoms with Gasteiger partial charge in [0, 0.05) is 54.7 Å². The topological polar surface area (TPSA) is 63.4 Å². The molecule has 1 aliphatic heterocycles. The van der Waals surface area contributed by atoms with Crippen molar-refractivity contribution >= 4 is 33.4 Å². The molecule has 1 aliphatic rings. The molecule has 1 saturated heterocycles. The lowest BCUT2D eigenvalue weighted by molar-refractivity contribution is -0.132. The molecule has 2 aromatic carbocycles. The largest absolute Gasteiger partial charge is 0.365 e. The average Bonchev–Trinajstić information content (AvgIpc) is 3.08. The summed E-state index contributed by atoms with van der Waals surface area (Å²) < 4.78 is 3.18. The molecule has 0 unspecified atom stereocenters. The lowest BCUT2D eigenvalue weighted by Gasteiger charge is -2.41. The van der Waals surface area contributed by atoms with E-state index in [1.165, 1.54) is 15.9 Å². The van der Waals surface area contributed by atoms with Gasteiger partial charge in [0.25, 0.3) is 5.56 Å². The maximum Gasteiger partial charge on any atom is 0.291 e. The van der Waals surface area contributed by atoms with Crippen LogP contribution in [-0.4, -0.2) is 50.8 Å². The molecule has 4 aromatic rings. The van der Waals surface area contributed by atoms with Crippen molar-refractivity contribution < 1.29 is 4.79 Å². The SMILES string of the molecule is Cc1cccc(N2CCN(C(=O)Cn3ncc4c5ccccc5n(C)c4c3=O)C[C@H]2C)c1. The van der Waals surface area contributed by atoms with E-state index in [0.717, 1.165) is 22.8 Å². The Morgan fingerprint density at radius 1 is 1.09 bits per heavy atom. The van der Waals surface area contributed by atoms with Crippen molar-refractivity contribution in [3.63, 3.8) is 0 Å². The highest BCUT2D eigenvalue weighted by atomic mass is 16.2. The summed E-state index contributed by atoms with van der Waals surface area (Å²) in [4.78, 5) is 30.4. The monoisotopic (exact) mass is 429 g/mol. The molecule has 5 rings (SSSR count). The Labute approximate surface area is 186 Å². The van der Waals surface area contributed by atoms with E-state index in [4.69, 9.17) is 0 Å². The molecule has 0 spiro atoms. The number of benzene rings is 2. The standard InChI is InChI=1S/C25H27N5O2/c1-17-7-6-8-19(13-17)29-12-11-28(15-18(29)2)23(31)16-30-25(32)24-21(14-26-30)20-9-4-5-10-22(20)27(24)3/h4-10,13-14,18H,11-12,15-16H2,1-3H3/t18-/m1/s1. The van der Waals surface area contributed by atoms with Crippen molar-refractivity contribution in [2.45, 2.75) is 26.4 Å². The van der Waals surface area contributed by atoms with Gasteiger partial charge in [0.2, 0.25) is 5.91 Å². The number of piperazine rings is 1. The number of hydrogen-bond acceptors (Lipinski definition) is 4. The van der Waals surface area contributed by atoms with Crippen molar-refractivity contribution in [2.24, 2.45) is 7.05 Å². The van der Waals surface area contributed by atoms with Gasteiger partial charge < -0.3 is 14.4 Å². The summed E-state index contributed by atoms with van der Waals surface area (Å²) in [6, 6.07) is 16.5. The predicted molar refractivity (Wildman–Crippen MR) is 127 cm³/mol. The van der Waals surface area contributed by atoms with E-state index < -0.39 is 0 Å². The molecule has 0 aliphatic carbocycles. The Hall–Kier alpha value is -3.61. The molecular formula is C25H27N5O2. The molecule has 164 valence electrons. The summed E-state index contributed by atoms with van der Waals surface area (Å²) in [6.45, 7) is 6.19. The number of carbonyl (C=O) groups excluding carboxylic acids is 1. The summed E-state index contributed by atoms with van der Waals surface area (Å²) in [5.41, 5.74) is 3.73. The Morgan fingerprint density at radius 2 is 1.91 bits per heavy atom. The summed E-state index contributed by atoms with van der Waals surface area (Å²) in [7, 11) is 1.88. The minimum atomic E-state index is -0.235. The van der Waals surface area contributed by atoms with Crippen LogP contribution in [0, 0.1) is 6.92 Å². The van der Waals surface area contributed by atoms with Crippen LogP contribution >= 0.6 is 0 Å². The zero-order chi connectivity index (χ0) is 22.4. The molecule has 1 atom stereocenters. The van der Waals surface area contributed by atoms with E-state index >= 15 is 0 Å². The zero-order valence-electron chi connectivity index (χ0n) is 18.7. The molecular weight excluding hydrogens is 402 g/mol. The second-order valence-corrected chi connectivity index (χ2v) is 8.67. The van der Waals surface area contributed by atoms with Crippen LogP contribution in [0.3, 0.4) is 0 Å². The van der Waals surface area contributed by atoms with Gasteiger partial charge in [-0.15, -0.1) is 0 Å².